The van der Waals surface area contributed by atoms with Gasteiger partial charge < -0.3 is 4.74 Å². The predicted octanol–water partition coefficient (Wildman–Crippen LogP) is 1.89. The van der Waals surface area contributed by atoms with Crippen LogP contribution in [0.2, 0.25) is 0 Å². The van der Waals surface area contributed by atoms with Gasteiger partial charge in [0.2, 0.25) is 0 Å². The van der Waals surface area contributed by atoms with Crippen LogP contribution in [0.15, 0.2) is 24.4 Å². The summed E-state index contributed by atoms with van der Waals surface area (Å²) in [5.41, 5.74) is 2.33. The van der Waals surface area contributed by atoms with Crippen LogP contribution >= 0.6 is 0 Å². The molecular formula is C14H17N3O2. The summed E-state index contributed by atoms with van der Waals surface area (Å²) in [4.78, 5) is 18.7. The minimum absolute atomic E-state index is 0.339. The van der Waals surface area contributed by atoms with Gasteiger partial charge in [-0.2, -0.15) is 0 Å². The lowest BCUT2D eigenvalue weighted by Crippen LogP contribution is -2.17. The van der Waals surface area contributed by atoms with Crippen molar-refractivity contribution in [3.63, 3.8) is 0 Å². The number of hydrogen-bond acceptors (Lipinski definition) is 4. The monoisotopic (exact) mass is 259 g/mol. The van der Waals surface area contributed by atoms with Crippen LogP contribution in [0.1, 0.15) is 35.1 Å². The van der Waals surface area contributed by atoms with Crippen LogP contribution in [0.25, 0.3) is 5.65 Å². The highest BCUT2D eigenvalue weighted by Crippen LogP contribution is 2.29. The molecule has 0 spiro atoms. The molecule has 3 heterocycles. The first-order valence-corrected chi connectivity index (χ1v) is 6.47. The number of carbonyl (C=O) groups excluding carboxylic acids is 1. The maximum absolute atomic E-state index is 11.7. The van der Waals surface area contributed by atoms with Crippen molar-refractivity contribution in [1.29, 1.82) is 0 Å². The molecule has 2 aromatic heterocycles. The van der Waals surface area contributed by atoms with Crippen molar-refractivity contribution in [3.05, 3.63) is 35.8 Å². The molecule has 1 saturated heterocycles. The summed E-state index contributed by atoms with van der Waals surface area (Å²) in [5, 5.41) is 0. The molecule has 1 unspecified atom stereocenters. The second-order valence-corrected chi connectivity index (χ2v) is 4.94. The topological polar surface area (TPSA) is 46.8 Å². The highest BCUT2D eigenvalue weighted by atomic mass is 16.5. The third-order valence-electron chi connectivity index (χ3n) is 3.77. The minimum Gasteiger partial charge on any atom is -0.464 e. The molecule has 0 radical (unpaired) electrons. The molecule has 1 aliphatic rings. The van der Waals surface area contributed by atoms with E-state index in [0.717, 1.165) is 24.3 Å². The molecule has 1 fully saturated rings. The number of likely N-dealkylation sites (tertiary alicyclic amines) is 1. The lowest BCUT2D eigenvalue weighted by molar-refractivity contribution is 0.0592. The first-order chi connectivity index (χ1) is 9.20. The Morgan fingerprint density at radius 1 is 1.47 bits per heavy atom. The molecule has 0 N–H and O–H groups in total. The number of esters is 1. The van der Waals surface area contributed by atoms with Crippen LogP contribution < -0.4 is 0 Å². The van der Waals surface area contributed by atoms with E-state index in [1.807, 2.05) is 22.7 Å². The number of ether oxygens (including phenoxy) is 1. The molecule has 1 atom stereocenters. The maximum Gasteiger partial charge on any atom is 0.355 e. The van der Waals surface area contributed by atoms with E-state index in [2.05, 4.69) is 16.9 Å². The van der Waals surface area contributed by atoms with E-state index in [0.29, 0.717) is 11.7 Å². The van der Waals surface area contributed by atoms with Gasteiger partial charge in [-0.1, -0.05) is 6.07 Å². The molecule has 2 aromatic rings. The number of nitrogens with zero attached hydrogens (tertiary/aromatic N) is 3. The van der Waals surface area contributed by atoms with E-state index in [9.17, 15) is 4.79 Å². The molecule has 19 heavy (non-hydrogen) atoms. The molecule has 0 aliphatic carbocycles. The van der Waals surface area contributed by atoms with Crippen molar-refractivity contribution in [2.75, 3.05) is 20.7 Å². The zero-order chi connectivity index (χ0) is 13.4. The molecule has 0 bridgehead atoms. The average Bonchev–Trinajstić information content (AvgIpc) is 3.02. The Morgan fingerprint density at radius 2 is 2.32 bits per heavy atom. The summed E-state index contributed by atoms with van der Waals surface area (Å²) in [5.74, 6) is -0.339. The van der Waals surface area contributed by atoms with Gasteiger partial charge in [0.15, 0.2) is 0 Å². The van der Waals surface area contributed by atoms with Crippen LogP contribution in [-0.2, 0) is 4.74 Å². The van der Waals surface area contributed by atoms with Crippen LogP contribution in [0, 0.1) is 0 Å². The summed E-state index contributed by atoms with van der Waals surface area (Å²) in [7, 11) is 3.51. The lowest BCUT2D eigenvalue weighted by Gasteiger charge is -2.16. The number of carbonyl (C=O) groups is 1. The zero-order valence-corrected chi connectivity index (χ0v) is 11.2. The number of imidazole rings is 1. The van der Waals surface area contributed by atoms with Gasteiger partial charge in [0.05, 0.1) is 18.8 Å². The standard InChI is InChI=1S/C14H17N3O2/c1-16-8-4-6-11(16)10-9-17-12(14(18)19-2)5-3-7-13(17)15-10/h3,5,7,9,11H,4,6,8H2,1-2H3. The Balaban J connectivity index is 2.07. The predicted molar refractivity (Wildman–Crippen MR) is 71.1 cm³/mol. The highest BCUT2D eigenvalue weighted by Gasteiger charge is 2.25. The van der Waals surface area contributed by atoms with Crippen LogP contribution in [0.5, 0.6) is 0 Å². The number of rotatable bonds is 2. The second-order valence-electron chi connectivity index (χ2n) is 4.94. The molecular weight excluding hydrogens is 242 g/mol. The van der Waals surface area contributed by atoms with Crippen molar-refractivity contribution < 1.29 is 9.53 Å². The summed E-state index contributed by atoms with van der Waals surface area (Å²) < 4.78 is 6.62. The van der Waals surface area contributed by atoms with E-state index in [4.69, 9.17) is 4.74 Å². The number of hydrogen-bond donors (Lipinski definition) is 0. The summed E-state index contributed by atoms with van der Waals surface area (Å²) in [6, 6.07) is 5.84. The average molecular weight is 259 g/mol. The second kappa shape index (κ2) is 4.66. The molecule has 100 valence electrons. The van der Waals surface area contributed by atoms with Crippen molar-refractivity contribution in [2.45, 2.75) is 18.9 Å². The largest absolute Gasteiger partial charge is 0.464 e. The number of pyridine rings is 1. The Labute approximate surface area is 111 Å². The fourth-order valence-corrected chi connectivity index (χ4v) is 2.75. The van der Waals surface area contributed by atoms with Crippen LogP contribution in [-0.4, -0.2) is 41.0 Å². The van der Waals surface area contributed by atoms with Gasteiger partial charge in [-0.05, 0) is 38.6 Å². The fraction of sp³-hybridized carbons (Fsp3) is 0.429. The fourth-order valence-electron chi connectivity index (χ4n) is 2.75. The van der Waals surface area contributed by atoms with Crippen molar-refractivity contribution in [1.82, 2.24) is 14.3 Å². The molecule has 5 nitrogen and oxygen atoms in total. The number of aromatic nitrogens is 2. The number of fused-ring (bicyclic) bond motifs is 1. The molecule has 0 amide bonds. The van der Waals surface area contributed by atoms with E-state index in [-0.39, 0.29) is 5.97 Å². The van der Waals surface area contributed by atoms with Gasteiger partial charge in [0.1, 0.15) is 11.3 Å². The van der Waals surface area contributed by atoms with E-state index in [1.165, 1.54) is 13.5 Å². The Bertz CT molecular complexity index is 620. The van der Waals surface area contributed by atoms with Gasteiger partial charge in [-0.3, -0.25) is 9.30 Å². The summed E-state index contributed by atoms with van der Waals surface area (Å²) in [6.07, 6.45) is 4.26. The van der Waals surface area contributed by atoms with Crippen molar-refractivity contribution in [3.8, 4) is 0 Å². The van der Waals surface area contributed by atoms with Crippen molar-refractivity contribution in [2.24, 2.45) is 0 Å². The van der Waals surface area contributed by atoms with E-state index >= 15 is 0 Å². The lowest BCUT2D eigenvalue weighted by atomic mass is 10.2. The SMILES string of the molecule is COC(=O)c1cccc2nc(C3CCCN3C)cn12. The zero-order valence-electron chi connectivity index (χ0n) is 11.2. The third-order valence-corrected chi connectivity index (χ3v) is 3.77. The highest BCUT2D eigenvalue weighted by molar-refractivity contribution is 5.88. The van der Waals surface area contributed by atoms with Crippen molar-refractivity contribution >= 4 is 11.6 Å². The van der Waals surface area contributed by atoms with Crippen LogP contribution in [0.3, 0.4) is 0 Å². The molecule has 0 aromatic carbocycles. The molecule has 5 heteroatoms. The maximum atomic E-state index is 11.7. The van der Waals surface area contributed by atoms with E-state index in [1.54, 1.807) is 6.07 Å². The Hall–Kier alpha value is -1.88. The third kappa shape index (κ3) is 2.00. The smallest absolute Gasteiger partial charge is 0.355 e. The van der Waals surface area contributed by atoms with Gasteiger partial charge in [-0.15, -0.1) is 0 Å². The van der Waals surface area contributed by atoms with Gasteiger partial charge >= 0.3 is 5.97 Å². The molecule has 3 rings (SSSR count). The van der Waals surface area contributed by atoms with Gasteiger partial charge in [0.25, 0.3) is 0 Å². The molecule has 1 aliphatic heterocycles. The number of methoxy groups -OCH3 is 1. The summed E-state index contributed by atoms with van der Waals surface area (Å²) in [6.45, 7) is 1.10. The normalized spacial score (nSPS) is 20.0. The summed E-state index contributed by atoms with van der Waals surface area (Å²) >= 11 is 0. The van der Waals surface area contributed by atoms with Gasteiger partial charge in [-0.25, -0.2) is 9.78 Å². The Kier molecular flexibility index (Phi) is 2.98. The first-order valence-electron chi connectivity index (χ1n) is 6.47. The van der Waals surface area contributed by atoms with Crippen LogP contribution in [0.4, 0.5) is 0 Å². The van der Waals surface area contributed by atoms with Gasteiger partial charge in [0, 0.05) is 6.20 Å². The minimum atomic E-state index is -0.339. The quantitative estimate of drug-likeness (QED) is 0.773. The first kappa shape index (κ1) is 12.2. The molecule has 0 saturated carbocycles. The Morgan fingerprint density at radius 3 is 3.00 bits per heavy atom. The van der Waals surface area contributed by atoms with E-state index < -0.39 is 0 Å².